The molecule has 0 aliphatic carbocycles. The lowest BCUT2D eigenvalue weighted by atomic mass is 10.4. The standard InChI is InChI=1S/C10H6BrN3OS/c11-8-2-1-7(16-8)10-13-12-9-5-6(15)3-4-14(9)10/h1-5,12H. The van der Waals surface area contributed by atoms with Gasteiger partial charge in [-0.1, -0.05) is 0 Å². The molecule has 0 saturated heterocycles. The van der Waals surface area contributed by atoms with Crippen LogP contribution >= 0.6 is 27.3 Å². The number of fused-ring (bicyclic) bond motifs is 1. The van der Waals surface area contributed by atoms with Gasteiger partial charge in [-0.15, -0.1) is 11.3 Å². The largest absolute Gasteiger partial charge is 0.290 e. The molecule has 3 aromatic rings. The highest BCUT2D eigenvalue weighted by Crippen LogP contribution is 2.29. The molecule has 3 aromatic heterocycles. The zero-order valence-electron chi connectivity index (χ0n) is 7.98. The molecule has 0 aromatic carbocycles. The number of hydrogen-bond donors (Lipinski definition) is 1. The van der Waals surface area contributed by atoms with E-state index in [4.69, 9.17) is 0 Å². The second kappa shape index (κ2) is 3.57. The predicted octanol–water partition coefficient (Wildman–Crippen LogP) is 2.51. The quantitative estimate of drug-likeness (QED) is 0.750. The summed E-state index contributed by atoms with van der Waals surface area (Å²) in [5.41, 5.74) is 0.676. The van der Waals surface area contributed by atoms with E-state index < -0.39 is 0 Å². The molecule has 0 atom stereocenters. The van der Waals surface area contributed by atoms with Crippen LogP contribution < -0.4 is 5.43 Å². The Morgan fingerprint density at radius 1 is 1.38 bits per heavy atom. The highest BCUT2D eigenvalue weighted by Gasteiger charge is 2.08. The topological polar surface area (TPSA) is 50.2 Å². The molecule has 0 aliphatic heterocycles. The van der Waals surface area contributed by atoms with Crippen molar-refractivity contribution in [1.29, 1.82) is 0 Å². The van der Waals surface area contributed by atoms with E-state index >= 15 is 0 Å². The van der Waals surface area contributed by atoms with E-state index in [0.717, 1.165) is 14.5 Å². The van der Waals surface area contributed by atoms with Crippen LogP contribution in [0, 0.1) is 0 Å². The Morgan fingerprint density at radius 2 is 2.25 bits per heavy atom. The molecule has 0 radical (unpaired) electrons. The van der Waals surface area contributed by atoms with Gasteiger partial charge in [-0.2, -0.15) is 5.10 Å². The number of H-pyrrole nitrogens is 1. The van der Waals surface area contributed by atoms with Gasteiger partial charge >= 0.3 is 0 Å². The van der Waals surface area contributed by atoms with Crippen molar-refractivity contribution < 1.29 is 0 Å². The van der Waals surface area contributed by atoms with E-state index in [1.165, 1.54) is 12.1 Å². The minimum Gasteiger partial charge on any atom is -0.290 e. The van der Waals surface area contributed by atoms with Gasteiger partial charge in [0.15, 0.2) is 11.3 Å². The molecule has 0 bridgehead atoms. The number of nitrogens with zero attached hydrogens (tertiary/aromatic N) is 2. The van der Waals surface area contributed by atoms with E-state index in [0.29, 0.717) is 5.65 Å². The molecule has 0 saturated carbocycles. The van der Waals surface area contributed by atoms with Crippen molar-refractivity contribution in [2.75, 3.05) is 0 Å². The SMILES string of the molecule is O=c1ccn2c(-c3ccc(Br)s3)n[nH]c2c1. The molecule has 0 aliphatic rings. The summed E-state index contributed by atoms with van der Waals surface area (Å²) in [6.07, 6.45) is 1.73. The smallest absolute Gasteiger partial charge is 0.183 e. The molecule has 0 amide bonds. The van der Waals surface area contributed by atoms with Crippen molar-refractivity contribution in [3.63, 3.8) is 0 Å². The third-order valence-electron chi connectivity index (χ3n) is 2.22. The van der Waals surface area contributed by atoms with Crippen molar-refractivity contribution in [2.45, 2.75) is 0 Å². The number of aromatic amines is 1. The Hall–Kier alpha value is -1.40. The highest BCUT2D eigenvalue weighted by molar-refractivity contribution is 9.11. The predicted molar refractivity (Wildman–Crippen MR) is 66.8 cm³/mol. The Balaban J connectivity index is 2.29. The summed E-state index contributed by atoms with van der Waals surface area (Å²) in [4.78, 5) is 12.2. The Labute approximate surface area is 103 Å². The average Bonchev–Trinajstić information content (AvgIpc) is 2.83. The van der Waals surface area contributed by atoms with E-state index in [1.54, 1.807) is 17.5 Å². The van der Waals surface area contributed by atoms with Crippen LogP contribution in [0.25, 0.3) is 16.3 Å². The van der Waals surface area contributed by atoms with Crippen LogP contribution in [0.3, 0.4) is 0 Å². The monoisotopic (exact) mass is 295 g/mol. The Morgan fingerprint density at radius 3 is 3.00 bits per heavy atom. The van der Waals surface area contributed by atoms with Gasteiger partial charge in [0.1, 0.15) is 5.65 Å². The minimum atomic E-state index is -0.0254. The Bertz CT molecular complexity index is 712. The van der Waals surface area contributed by atoms with E-state index in [9.17, 15) is 4.79 Å². The molecular formula is C10H6BrN3OS. The average molecular weight is 296 g/mol. The van der Waals surface area contributed by atoms with Gasteiger partial charge in [0.2, 0.25) is 0 Å². The van der Waals surface area contributed by atoms with Crippen LogP contribution in [-0.2, 0) is 0 Å². The summed E-state index contributed by atoms with van der Waals surface area (Å²) >= 11 is 5.01. The van der Waals surface area contributed by atoms with Gasteiger partial charge in [0, 0.05) is 18.3 Å². The number of hydrogen-bond acceptors (Lipinski definition) is 3. The normalized spacial score (nSPS) is 11.1. The van der Waals surface area contributed by atoms with Crippen LogP contribution in [0.1, 0.15) is 0 Å². The summed E-state index contributed by atoms with van der Waals surface area (Å²) < 4.78 is 2.92. The molecule has 0 spiro atoms. The highest BCUT2D eigenvalue weighted by atomic mass is 79.9. The van der Waals surface area contributed by atoms with Gasteiger partial charge in [-0.3, -0.25) is 14.3 Å². The third-order valence-corrected chi connectivity index (χ3v) is 3.84. The summed E-state index contributed by atoms with van der Waals surface area (Å²) in [5, 5.41) is 7.05. The first-order chi connectivity index (χ1) is 7.74. The second-order valence-corrected chi connectivity index (χ2v) is 5.73. The lowest BCUT2D eigenvalue weighted by Gasteiger charge is -1.94. The Kier molecular flexibility index (Phi) is 2.19. The van der Waals surface area contributed by atoms with Crippen molar-refractivity contribution in [1.82, 2.24) is 14.6 Å². The van der Waals surface area contributed by atoms with E-state index in [-0.39, 0.29) is 5.43 Å². The van der Waals surface area contributed by atoms with E-state index in [1.807, 2.05) is 16.5 Å². The molecule has 1 N–H and O–H groups in total. The first-order valence-electron chi connectivity index (χ1n) is 4.56. The maximum absolute atomic E-state index is 11.2. The molecule has 4 nitrogen and oxygen atoms in total. The fourth-order valence-electron chi connectivity index (χ4n) is 1.52. The van der Waals surface area contributed by atoms with Gasteiger partial charge in [-0.05, 0) is 28.1 Å². The molecule has 80 valence electrons. The zero-order valence-corrected chi connectivity index (χ0v) is 10.4. The number of halogens is 1. The first kappa shape index (κ1) is 9.80. The summed E-state index contributed by atoms with van der Waals surface area (Å²) in [7, 11) is 0. The first-order valence-corrected chi connectivity index (χ1v) is 6.17. The van der Waals surface area contributed by atoms with Crippen molar-refractivity contribution in [2.24, 2.45) is 0 Å². The summed E-state index contributed by atoms with van der Waals surface area (Å²) in [6.45, 7) is 0. The number of rotatable bonds is 1. The molecule has 3 heterocycles. The third kappa shape index (κ3) is 1.50. The van der Waals surface area contributed by atoms with E-state index in [2.05, 4.69) is 26.1 Å². The van der Waals surface area contributed by atoms with Crippen molar-refractivity contribution in [3.05, 3.63) is 44.5 Å². The molecular weight excluding hydrogens is 290 g/mol. The molecule has 0 unspecified atom stereocenters. The van der Waals surface area contributed by atoms with Gasteiger partial charge in [0.05, 0.1) is 8.66 Å². The van der Waals surface area contributed by atoms with Crippen LogP contribution in [0.5, 0.6) is 0 Å². The maximum Gasteiger partial charge on any atom is 0.183 e. The molecule has 16 heavy (non-hydrogen) atoms. The maximum atomic E-state index is 11.2. The number of nitrogens with one attached hydrogen (secondary N) is 1. The minimum absolute atomic E-state index is 0.0254. The lowest BCUT2D eigenvalue weighted by Crippen LogP contribution is -1.98. The number of thiophene rings is 1. The summed E-state index contributed by atoms with van der Waals surface area (Å²) in [5.74, 6) is 0.811. The van der Waals surface area contributed by atoms with Crippen LogP contribution in [-0.4, -0.2) is 14.6 Å². The van der Waals surface area contributed by atoms with Gasteiger partial charge in [0.25, 0.3) is 0 Å². The number of aromatic nitrogens is 3. The van der Waals surface area contributed by atoms with Crippen LogP contribution in [0.4, 0.5) is 0 Å². The van der Waals surface area contributed by atoms with Crippen molar-refractivity contribution in [3.8, 4) is 10.7 Å². The zero-order chi connectivity index (χ0) is 11.1. The van der Waals surface area contributed by atoms with Gasteiger partial charge in [-0.25, -0.2) is 0 Å². The molecule has 6 heteroatoms. The summed E-state index contributed by atoms with van der Waals surface area (Å²) in [6, 6.07) is 7.01. The fraction of sp³-hybridized carbons (Fsp3) is 0. The van der Waals surface area contributed by atoms with Crippen molar-refractivity contribution >= 4 is 32.9 Å². The lowest BCUT2D eigenvalue weighted by molar-refractivity contribution is 1.12. The molecule has 3 rings (SSSR count). The van der Waals surface area contributed by atoms with Gasteiger partial charge < -0.3 is 0 Å². The van der Waals surface area contributed by atoms with Crippen LogP contribution in [0.15, 0.2) is 39.0 Å². The fourth-order valence-corrected chi connectivity index (χ4v) is 2.90. The second-order valence-electron chi connectivity index (χ2n) is 3.27. The van der Waals surface area contributed by atoms with Crippen LogP contribution in [0.2, 0.25) is 0 Å². The number of pyridine rings is 1. The molecule has 0 fully saturated rings.